The standard InChI is InChI=1S/C17H18N8O3S2.C16H20N10O2S.C14H17N9O3S.C10H9ClN8O2S2/c18-7-8-28-11-3-6-13-14(9-11)29-17(22-13)25-15(19)23-16(24-25)21-10-1-4-12(5-2-10)30(20,26)27;17-15-24-16(23-10-1-3-12(4-2-10)29(18,27)28)25-26(15)14-7-13(20-9-21-14)22-11-5-6-19-8-11;15-13-21-14(20-9-1-3-10(4-2-9)27(16,25)26)22-23(13)12-7-11(17-5-6-24)18-8-19-12;11-7-8(18-22-17-7)19-9(12)15-10(16-19)14-5-1-3-6(4-2-5)23(13,20)21/h1-6,9H,7-8,18H2,(H2,20,26,27)(H3,19,21,23,24);1-4,7,9,11,19H,5-6,8H2,(H2,18,27,28)(H,20,21,22)(H3,17,23,24,25);1-4,7-8,24H,5-6H2,(H2,16,25,26)(H,17,18,19)(H3,15,20,21,22);1-4H,(H2,13,20,21)(H3,12,14,15,16). The number of halogens is 1. The Morgan fingerprint density at radius 3 is 1.37 bits per heavy atom. The van der Waals surface area contributed by atoms with Crippen LogP contribution in [0, 0.1) is 0 Å². The van der Waals surface area contributed by atoms with E-state index >= 15 is 0 Å². The fourth-order valence-corrected chi connectivity index (χ4v) is 13.1. The second kappa shape index (κ2) is 33.8. The number of thiazole rings is 1. The number of nitrogen functional groups attached to an aromatic ring is 4. The lowest BCUT2D eigenvalue weighted by Crippen LogP contribution is -2.22. The molecule has 0 spiro atoms. The van der Waals surface area contributed by atoms with Crippen molar-refractivity contribution in [3.8, 4) is 28.3 Å². The summed E-state index contributed by atoms with van der Waals surface area (Å²) in [7, 11) is -15.0. The number of aliphatic hydroxyl groups excluding tert-OH is 1. The van der Waals surface area contributed by atoms with E-state index in [-0.39, 0.29) is 84.7 Å². The molecule has 0 aliphatic carbocycles. The van der Waals surface area contributed by atoms with Crippen molar-refractivity contribution in [2.75, 3.05) is 94.2 Å². The monoisotopic (exact) mass is 1630 g/mol. The van der Waals surface area contributed by atoms with E-state index in [0.717, 1.165) is 41.5 Å². The van der Waals surface area contributed by atoms with E-state index in [0.29, 0.717) is 82.6 Å². The molecular formula is C57H64ClN35O10S6. The summed E-state index contributed by atoms with van der Waals surface area (Å²) in [4.78, 5) is 37.6. The van der Waals surface area contributed by atoms with Crippen molar-refractivity contribution in [3.05, 3.63) is 145 Å². The second-order valence-corrected chi connectivity index (χ2v) is 30.4. The van der Waals surface area contributed by atoms with Gasteiger partial charge in [-0.05, 0) is 128 Å². The second-order valence-electron chi connectivity index (χ2n) is 22.2. The third-order valence-corrected chi connectivity index (χ3v) is 20.0. The zero-order valence-corrected chi connectivity index (χ0v) is 61.6. The Morgan fingerprint density at radius 2 is 0.954 bits per heavy atom. The molecule has 45 nitrogen and oxygen atoms in total. The van der Waals surface area contributed by atoms with Crippen molar-refractivity contribution in [1.82, 2.24) is 98.0 Å². The van der Waals surface area contributed by atoms with Gasteiger partial charge >= 0.3 is 0 Å². The van der Waals surface area contributed by atoms with E-state index in [1.165, 1.54) is 116 Å². The van der Waals surface area contributed by atoms with Crippen molar-refractivity contribution < 1.29 is 43.5 Å². The third-order valence-electron chi connectivity index (χ3n) is 14.4. The Labute approximate surface area is 630 Å². The van der Waals surface area contributed by atoms with Gasteiger partial charge in [0.2, 0.25) is 98.6 Å². The Hall–Kier alpha value is -12.1. The van der Waals surface area contributed by atoms with Crippen molar-refractivity contribution >= 4 is 167 Å². The summed E-state index contributed by atoms with van der Waals surface area (Å²) >= 11 is 8.19. The number of nitrogens with zero attached hydrogens (tertiary/aromatic N) is 19. The van der Waals surface area contributed by atoms with Crippen LogP contribution in [0.1, 0.15) is 6.42 Å². The number of benzene rings is 5. The Balaban J connectivity index is 0.000000145. The minimum atomic E-state index is -3.76. The van der Waals surface area contributed by atoms with Crippen LogP contribution in [0.15, 0.2) is 160 Å². The number of aromatic nitrogens is 19. The summed E-state index contributed by atoms with van der Waals surface area (Å²) < 4.78 is 110. The van der Waals surface area contributed by atoms with Gasteiger partial charge in [-0.2, -0.15) is 47.4 Å². The van der Waals surface area contributed by atoms with E-state index in [4.69, 9.17) is 70.7 Å². The first-order chi connectivity index (χ1) is 51.9. The van der Waals surface area contributed by atoms with Gasteiger partial charge in [-0.1, -0.05) is 22.9 Å². The Kier molecular flexibility index (Phi) is 24.2. The van der Waals surface area contributed by atoms with E-state index in [9.17, 15) is 33.7 Å². The van der Waals surface area contributed by atoms with Crippen molar-refractivity contribution in [3.63, 3.8) is 0 Å². The molecule has 5 aromatic carbocycles. The van der Waals surface area contributed by atoms with Crippen molar-refractivity contribution in [1.29, 1.82) is 0 Å². The fourth-order valence-electron chi connectivity index (χ4n) is 9.39. The maximum atomic E-state index is 11.3. The van der Waals surface area contributed by atoms with Gasteiger partial charge in [0.05, 0.1) is 48.1 Å². The van der Waals surface area contributed by atoms with Crippen LogP contribution < -0.4 is 91.2 Å². The van der Waals surface area contributed by atoms with Gasteiger partial charge < -0.3 is 75.7 Å². The summed E-state index contributed by atoms with van der Waals surface area (Å²) in [5, 5.41) is 68.1. The Bertz CT molecular complexity index is 5810. The number of primary sulfonamides is 4. The molecule has 52 heteroatoms. The minimum Gasteiger partial charge on any atom is -0.492 e. The molecule has 1 unspecified atom stereocenters. The van der Waals surface area contributed by atoms with Crippen LogP contribution >= 0.6 is 34.7 Å². The number of anilines is 14. The van der Waals surface area contributed by atoms with Gasteiger partial charge in [0.1, 0.15) is 36.6 Å². The van der Waals surface area contributed by atoms with Gasteiger partial charge in [0.25, 0.3) is 0 Å². The highest BCUT2D eigenvalue weighted by Gasteiger charge is 2.21. The number of nitrogens with one attached hydrogen (secondary N) is 7. The molecule has 1 atom stereocenters. The first kappa shape index (κ1) is 78.0. The number of nitrogens with two attached hydrogens (primary N) is 9. The van der Waals surface area contributed by atoms with Crippen LogP contribution in [0.5, 0.6) is 5.75 Å². The first-order valence-corrected chi connectivity index (χ1v) is 39.2. The van der Waals surface area contributed by atoms with Crippen LogP contribution in [0.3, 0.4) is 0 Å². The average Bonchev–Trinajstić information content (AvgIpc) is 1.69. The highest BCUT2D eigenvalue weighted by atomic mass is 35.5. The summed E-state index contributed by atoms with van der Waals surface area (Å²) in [6.07, 6.45) is 3.78. The highest BCUT2D eigenvalue weighted by Crippen LogP contribution is 2.31. The summed E-state index contributed by atoms with van der Waals surface area (Å²) in [6.45, 7) is 3.01. The molecule has 8 aromatic heterocycles. The molecule has 13 aromatic rings. The first-order valence-electron chi connectivity index (χ1n) is 31.1. The van der Waals surface area contributed by atoms with E-state index in [1.807, 2.05) is 18.2 Å². The lowest BCUT2D eigenvalue weighted by molar-refractivity contribution is 0.311. The van der Waals surface area contributed by atoms with Gasteiger partial charge in [0.15, 0.2) is 16.8 Å². The van der Waals surface area contributed by atoms with Gasteiger partial charge in [-0.15, -0.1) is 20.4 Å². The summed E-state index contributed by atoms with van der Waals surface area (Å²) in [5.41, 5.74) is 32.1. The largest absolute Gasteiger partial charge is 0.492 e. The topological polar surface area (TPSA) is 697 Å². The number of hydrogen-bond donors (Lipinski definition) is 17. The molecule has 109 heavy (non-hydrogen) atoms. The quantitative estimate of drug-likeness (QED) is 0.0404. The summed E-state index contributed by atoms with van der Waals surface area (Å²) in [6, 6.07) is 32.5. The predicted octanol–water partition coefficient (Wildman–Crippen LogP) is 1.17. The minimum absolute atomic E-state index is 0.00128. The van der Waals surface area contributed by atoms with E-state index < -0.39 is 40.1 Å². The molecular weight excluding hydrogens is 1560 g/mol. The van der Waals surface area contributed by atoms with Gasteiger partial charge in [-0.25, -0.2) is 79.1 Å². The normalized spacial score (nSPS) is 12.9. The molecule has 0 bridgehead atoms. The molecule has 26 N–H and O–H groups in total. The number of ether oxygens (including phenoxy) is 1. The summed E-state index contributed by atoms with van der Waals surface area (Å²) in [5.74, 6) is 4.31. The number of aliphatic hydroxyl groups is 1. The molecule has 1 aliphatic rings. The van der Waals surface area contributed by atoms with Crippen LogP contribution in [0.25, 0.3) is 32.8 Å². The molecule has 9 heterocycles. The molecule has 1 aliphatic heterocycles. The molecule has 0 saturated carbocycles. The zero-order chi connectivity index (χ0) is 77.8. The Morgan fingerprint density at radius 1 is 0.532 bits per heavy atom. The maximum absolute atomic E-state index is 11.3. The molecule has 1 fully saturated rings. The molecule has 570 valence electrons. The van der Waals surface area contributed by atoms with Gasteiger partial charge in [-0.3, -0.25) is 0 Å². The SMILES string of the molecule is NCCOc1ccc2nc(-n3nc(Nc4ccc(S(N)(=O)=O)cc4)nc3N)sc2c1.Nc1nc(Nc2ccc(S(N)(=O)=O)cc2)nn1-c1cc(NC2CCNC2)ncn1.Nc1nc(Nc2ccc(S(N)(=O)=O)cc2)nn1-c1cc(NCCO)ncn1.Nc1nc(Nc2ccc(S(N)(=O)=O)cc2)nn1-c1nsnc1Cl. The zero-order valence-electron chi connectivity index (χ0n) is 55.9. The maximum Gasteiger partial charge on any atom is 0.248 e. The van der Waals surface area contributed by atoms with E-state index in [1.54, 1.807) is 36.4 Å². The van der Waals surface area contributed by atoms with Crippen LogP contribution in [-0.2, 0) is 40.1 Å². The lowest BCUT2D eigenvalue weighted by Gasteiger charge is -2.12. The fraction of sp³-hybridized carbons (Fsp3) is 0.140. The average molecular weight is 1630 g/mol. The molecule has 0 radical (unpaired) electrons. The number of rotatable bonds is 24. The third kappa shape index (κ3) is 20.7. The smallest absolute Gasteiger partial charge is 0.248 e. The molecule has 0 amide bonds. The number of sulfonamides is 4. The van der Waals surface area contributed by atoms with Gasteiger partial charge in [0, 0.05) is 60.6 Å². The van der Waals surface area contributed by atoms with E-state index in [2.05, 4.69) is 111 Å². The number of fused-ring (bicyclic) bond motifs is 1. The highest BCUT2D eigenvalue weighted by molar-refractivity contribution is 7.90. The van der Waals surface area contributed by atoms with Crippen molar-refractivity contribution in [2.45, 2.75) is 32.0 Å². The van der Waals surface area contributed by atoms with Crippen molar-refractivity contribution in [2.24, 2.45) is 26.3 Å². The molecule has 14 rings (SSSR count). The molecule has 1 saturated heterocycles. The lowest BCUT2D eigenvalue weighted by atomic mass is 10.2. The van der Waals surface area contributed by atoms with Crippen LogP contribution in [0.4, 0.5) is 82.0 Å². The van der Waals surface area contributed by atoms with Crippen LogP contribution in [0.2, 0.25) is 5.15 Å². The number of hydrogen-bond acceptors (Lipinski definition) is 39. The van der Waals surface area contributed by atoms with Crippen LogP contribution in [-0.4, -0.2) is 177 Å². The predicted molar refractivity (Wildman–Crippen MR) is 405 cm³/mol.